The molecule has 0 fully saturated rings. The standard InChI is InChI=1S/C18H21N5O2.C11H13ClN4O2/c1-18(2,3)25-17(24)22-16-11-14(21-15-9-10-20-23(15)16)19-12-13-7-5-4-6-8-13;1-11(2,3)18-10(17)15-9-6-7(12)14-8-4-5-13-16(8)9/h4-11H,12H2,1-3H3,(H,19,21)(H,22,24);4-6H,1-3H3,(H,15,17). The highest BCUT2D eigenvalue weighted by atomic mass is 35.5. The molecule has 0 radical (unpaired) electrons. The molecule has 43 heavy (non-hydrogen) atoms. The van der Waals surface area contributed by atoms with E-state index in [-0.39, 0.29) is 5.15 Å². The summed E-state index contributed by atoms with van der Waals surface area (Å²) >= 11 is 5.85. The van der Waals surface area contributed by atoms with Crippen molar-refractivity contribution >= 4 is 52.5 Å². The minimum absolute atomic E-state index is 0.272. The van der Waals surface area contributed by atoms with Gasteiger partial charge in [0.05, 0.1) is 12.4 Å². The van der Waals surface area contributed by atoms with Crippen LogP contribution < -0.4 is 16.0 Å². The van der Waals surface area contributed by atoms with Crippen molar-refractivity contribution in [1.82, 2.24) is 29.2 Å². The van der Waals surface area contributed by atoms with Crippen molar-refractivity contribution < 1.29 is 19.1 Å². The minimum Gasteiger partial charge on any atom is -0.444 e. The fourth-order valence-electron chi connectivity index (χ4n) is 3.67. The van der Waals surface area contributed by atoms with Gasteiger partial charge in [-0.2, -0.15) is 19.2 Å². The summed E-state index contributed by atoms with van der Waals surface area (Å²) in [6.45, 7) is 11.4. The SMILES string of the molecule is CC(C)(C)OC(=O)Nc1cc(Cl)nc2ccnn12.CC(C)(C)OC(=O)Nc1cc(NCc2ccccc2)nc2ccnn12. The molecule has 0 aliphatic rings. The zero-order chi connectivity index (χ0) is 31.2. The Morgan fingerprint density at radius 3 is 1.81 bits per heavy atom. The average molecular weight is 608 g/mol. The maximum Gasteiger partial charge on any atom is 0.413 e. The third-order valence-corrected chi connectivity index (χ3v) is 5.46. The predicted octanol–water partition coefficient (Wildman–Crippen LogP) is 6.42. The van der Waals surface area contributed by atoms with Crippen LogP contribution in [0, 0.1) is 0 Å². The summed E-state index contributed by atoms with van der Waals surface area (Å²) in [5.41, 5.74) is 1.18. The summed E-state index contributed by atoms with van der Waals surface area (Å²) in [6, 6.07) is 16.7. The summed E-state index contributed by atoms with van der Waals surface area (Å²) in [5, 5.41) is 17.1. The predicted molar refractivity (Wildman–Crippen MR) is 164 cm³/mol. The zero-order valence-electron chi connectivity index (χ0n) is 24.8. The molecule has 13 nitrogen and oxygen atoms in total. The Morgan fingerprint density at radius 2 is 1.28 bits per heavy atom. The number of halogens is 1. The number of hydrogen-bond donors (Lipinski definition) is 3. The second-order valence-corrected chi connectivity index (χ2v) is 11.7. The number of aromatic nitrogens is 6. The van der Waals surface area contributed by atoms with Crippen LogP contribution in [0.25, 0.3) is 11.3 Å². The molecule has 5 rings (SSSR count). The molecular formula is C29H34ClN9O4. The van der Waals surface area contributed by atoms with E-state index in [2.05, 4.69) is 36.1 Å². The highest BCUT2D eigenvalue weighted by Crippen LogP contribution is 2.19. The topological polar surface area (TPSA) is 149 Å². The van der Waals surface area contributed by atoms with Gasteiger partial charge < -0.3 is 14.8 Å². The van der Waals surface area contributed by atoms with Gasteiger partial charge in [-0.05, 0) is 47.1 Å². The van der Waals surface area contributed by atoms with Crippen LogP contribution in [-0.4, -0.2) is 52.6 Å². The van der Waals surface area contributed by atoms with E-state index in [0.29, 0.717) is 35.3 Å². The van der Waals surface area contributed by atoms with Crippen LogP contribution in [0.4, 0.5) is 27.0 Å². The van der Waals surface area contributed by atoms with Crippen molar-refractivity contribution in [2.24, 2.45) is 0 Å². The van der Waals surface area contributed by atoms with Crippen molar-refractivity contribution in [3.63, 3.8) is 0 Å². The zero-order valence-corrected chi connectivity index (χ0v) is 25.5. The molecule has 0 atom stereocenters. The third-order valence-electron chi connectivity index (χ3n) is 5.26. The van der Waals surface area contributed by atoms with E-state index in [4.69, 9.17) is 21.1 Å². The summed E-state index contributed by atoms with van der Waals surface area (Å²) in [6.07, 6.45) is 2.09. The molecule has 3 N–H and O–H groups in total. The Balaban J connectivity index is 0.000000208. The molecule has 4 aromatic heterocycles. The number of carbonyl (C=O) groups excluding carboxylic acids is 2. The van der Waals surface area contributed by atoms with Crippen LogP contribution in [0.5, 0.6) is 0 Å². The largest absolute Gasteiger partial charge is 0.444 e. The van der Waals surface area contributed by atoms with E-state index in [1.807, 2.05) is 51.1 Å². The van der Waals surface area contributed by atoms with Crippen LogP contribution in [-0.2, 0) is 16.0 Å². The maximum absolute atomic E-state index is 12.1. The number of benzene rings is 1. The number of fused-ring (bicyclic) bond motifs is 2. The van der Waals surface area contributed by atoms with Crippen molar-refractivity contribution in [3.05, 3.63) is 77.7 Å². The van der Waals surface area contributed by atoms with Crippen LogP contribution in [0.15, 0.2) is 67.0 Å². The Hall–Kier alpha value is -4.91. The number of nitrogens with one attached hydrogen (secondary N) is 3. The van der Waals surface area contributed by atoms with Crippen molar-refractivity contribution in [3.8, 4) is 0 Å². The first-order chi connectivity index (χ1) is 20.3. The Morgan fingerprint density at radius 1 is 0.767 bits per heavy atom. The molecule has 5 aromatic rings. The lowest BCUT2D eigenvalue weighted by Gasteiger charge is -2.20. The quantitative estimate of drug-likeness (QED) is 0.192. The van der Waals surface area contributed by atoms with E-state index >= 15 is 0 Å². The van der Waals surface area contributed by atoms with Crippen LogP contribution in [0.2, 0.25) is 5.15 Å². The molecule has 2 amide bonds. The lowest BCUT2D eigenvalue weighted by molar-refractivity contribution is 0.0623. The monoisotopic (exact) mass is 607 g/mol. The first kappa shape index (κ1) is 31.0. The Labute approximate surface area is 253 Å². The van der Waals surface area contributed by atoms with E-state index in [1.54, 1.807) is 55.9 Å². The number of rotatable bonds is 5. The second-order valence-electron chi connectivity index (χ2n) is 11.3. The summed E-state index contributed by atoms with van der Waals surface area (Å²) in [7, 11) is 0. The molecule has 0 saturated heterocycles. The van der Waals surface area contributed by atoms with E-state index in [1.165, 1.54) is 10.6 Å². The molecule has 0 saturated carbocycles. The normalized spacial score (nSPS) is 11.4. The van der Waals surface area contributed by atoms with Gasteiger partial charge >= 0.3 is 12.2 Å². The van der Waals surface area contributed by atoms with Gasteiger partial charge in [0.25, 0.3) is 0 Å². The van der Waals surface area contributed by atoms with Crippen molar-refractivity contribution in [2.75, 3.05) is 16.0 Å². The van der Waals surface area contributed by atoms with Gasteiger partial charge in [-0.1, -0.05) is 41.9 Å². The number of nitrogens with zero attached hydrogens (tertiary/aromatic N) is 6. The first-order valence-electron chi connectivity index (χ1n) is 13.4. The van der Waals surface area contributed by atoms with Gasteiger partial charge in [0.15, 0.2) is 11.3 Å². The Bertz CT molecular complexity index is 1710. The van der Waals surface area contributed by atoms with Crippen molar-refractivity contribution in [2.45, 2.75) is 59.3 Å². The summed E-state index contributed by atoms with van der Waals surface area (Å²) < 4.78 is 13.5. The summed E-state index contributed by atoms with van der Waals surface area (Å²) in [4.78, 5) is 32.3. The number of anilines is 3. The van der Waals surface area contributed by atoms with Gasteiger partial charge in [-0.25, -0.2) is 19.6 Å². The molecule has 1 aromatic carbocycles. The fraction of sp³-hybridized carbons (Fsp3) is 0.310. The van der Waals surface area contributed by atoms with Gasteiger partial charge in [-0.15, -0.1) is 0 Å². The molecule has 0 spiro atoms. The van der Waals surface area contributed by atoms with Gasteiger partial charge in [0.2, 0.25) is 0 Å². The highest BCUT2D eigenvalue weighted by Gasteiger charge is 2.19. The number of hydrogen-bond acceptors (Lipinski definition) is 9. The number of amides is 2. The first-order valence-corrected chi connectivity index (χ1v) is 13.8. The van der Waals surface area contributed by atoms with Crippen LogP contribution in [0.1, 0.15) is 47.1 Å². The molecule has 0 aliphatic carbocycles. The molecule has 226 valence electrons. The van der Waals surface area contributed by atoms with Crippen molar-refractivity contribution in [1.29, 1.82) is 0 Å². The third kappa shape index (κ3) is 9.30. The maximum atomic E-state index is 12.1. The smallest absolute Gasteiger partial charge is 0.413 e. The number of carbonyl (C=O) groups is 2. The van der Waals surface area contributed by atoms with E-state index < -0.39 is 23.4 Å². The highest BCUT2D eigenvalue weighted by molar-refractivity contribution is 6.29. The number of ether oxygens (including phenoxy) is 2. The minimum atomic E-state index is -0.575. The molecule has 0 aliphatic heterocycles. The lowest BCUT2D eigenvalue weighted by atomic mass is 10.2. The summed E-state index contributed by atoms with van der Waals surface area (Å²) in [5.74, 6) is 1.53. The van der Waals surface area contributed by atoms with Crippen LogP contribution in [0.3, 0.4) is 0 Å². The van der Waals surface area contributed by atoms with E-state index in [9.17, 15) is 9.59 Å². The second kappa shape index (κ2) is 12.9. The Kier molecular flexibility index (Phi) is 9.34. The molecule has 4 heterocycles. The average Bonchev–Trinajstić information content (AvgIpc) is 3.56. The molecular weight excluding hydrogens is 574 g/mol. The van der Waals surface area contributed by atoms with Gasteiger partial charge in [0.1, 0.15) is 33.8 Å². The van der Waals surface area contributed by atoms with E-state index in [0.717, 1.165) is 5.56 Å². The fourth-order valence-corrected chi connectivity index (χ4v) is 3.86. The molecule has 0 bridgehead atoms. The van der Waals surface area contributed by atoms with Gasteiger partial charge in [0, 0.05) is 30.8 Å². The van der Waals surface area contributed by atoms with Gasteiger partial charge in [-0.3, -0.25) is 10.6 Å². The molecule has 0 unspecified atom stereocenters. The molecule has 14 heteroatoms. The van der Waals surface area contributed by atoms with Crippen LogP contribution >= 0.6 is 11.6 Å². The lowest BCUT2D eigenvalue weighted by Crippen LogP contribution is -2.28.